The van der Waals surface area contributed by atoms with Crippen LogP contribution in [0.2, 0.25) is 0 Å². The third-order valence-electron chi connectivity index (χ3n) is 3.37. The fourth-order valence-electron chi connectivity index (χ4n) is 2.32. The predicted molar refractivity (Wildman–Crippen MR) is 81.2 cm³/mol. The van der Waals surface area contributed by atoms with Gasteiger partial charge in [0.05, 0.1) is 6.04 Å². The van der Waals surface area contributed by atoms with Crippen LogP contribution in [0.15, 0.2) is 33.2 Å². The first-order valence-electron chi connectivity index (χ1n) is 6.29. The van der Waals surface area contributed by atoms with Crippen LogP contribution < -0.4 is 5.32 Å². The molecule has 3 rings (SSSR count). The molecule has 0 amide bonds. The van der Waals surface area contributed by atoms with Gasteiger partial charge in [0.2, 0.25) is 0 Å². The lowest BCUT2D eigenvalue weighted by atomic mass is 10.1. The Morgan fingerprint density at radius 3 is 3.11 bits per heavy atom. The molecule has 1 aliphatic heterocycles. The van der Waals surface area contributed by atoms with E-state index in [1.165, 1.54) is 17.6 Å². The first-order valence-corrected chi connectivity index (χ1v) is 8.24. The van der Waals surface area contributed by atoms with Crippen LogP contribution in [0.1, 0.15) is 25.1 Å². The molecule has 2 unspecified atom stereocenters. The highest BCUT2D eigenvalue weighted by Crippen LogP contribution is 2.31. The number of thioether (sulfide) groups is 1. The Bertz CT molecular complexity index is 554. The summed E-state index contributed by atoms with van der Waals surface area (Å²) in [5.41, 5.74) is 0.971. The number of hydrogen-bond acceptors (Lipinski definition) is 3. The third kappa shape index (κ3) is 2.46. The first kappa shape index (κ1) is 12.6. The third-order valence-corrected chi connectivity index (χ3v) is 5.07. The number of hydrogen-bond donors (Lipinski definition) is 1. The lowest BCUT2D eigenvalue weighted by molar-refractivity contribution is 0.404. The van der Waals surface area contributed by atoms with Gasteiger partial charge in [-0.15, -0.1) is 0 Å². The van der Waals surface area contributed by atoms with Gasteiger partial charge in [-0.3, -0.25) is 0 Å². The van der Waals surface area contributed by atoms with Gasteiger partial charge in [0, 0.05) is 27.4 Å². The minimum absolute atomic E-state index is 0.347. The van der Waals surface area contributed by atoms with Crippen LogP contribution >= 0.6 is 27.7 Å². The first-order chi connectivity index (χ1) is 8.76. The van der Waals surface area contributed by atoms with Crippen molar-refractivity contribution < 1.29 is 4.42 Å². The number of rotatable bonds is 2. The van der Waals surface area contributed by atoms with Crippen molar-refractivity contribution in [1.82, 2.24) is 5.32 Å². The van der Waals surface area contributed by atoms with Gasteiger partial charge in [-0.2, -0.15) is 11.8 Å². The summed E-state index contributed by atoms with van der Waals surface area (Å²) in [7, 11) is 0. The molecule has 1 aromatic carbocycles. The SMILES string of the molecule is CCC1CSCC(c2cc3cc(Br)ccc3o2)N1. The molecule has 1 N–H and O–H groups in total. The van der Waals surface area contributed by atoms with Crippen molar-refractivity contribution in [2.45, 2.75) is 25.4 Å². The molecule has 1 aromatic heterocycles. The fraction of sp³-hybridized carbons (Fsp3) is 0.429. The highest BCUT2D eigenvalue weighted by Gasteiger charge is 2.24. The van der Waals surface area contributed by atoms with E-state index >= 15 is 0 Å². The normalized spacial score (nSPS) is 24.6. The topological polar surface area (TPSA) is 25.2 Å². The molecule has 0 spiro atoms. The quantitative estimate of drug-likeness (QED) is 0.888. The molecule has 0 aliphatic carbocycles. The molecule has 2 heterocycles. The van der Waals surface area contributed by atoms with Crippen LogP contribution in [0.5, 0.6) is 0 Å². The average Bonchev–Trinajstić information content (AvgIpc) is 2.81. The van der Waals surface area contributed by atoms with E-state index in [1.807, 2.05) is 23.9 Å². The summed E-state index contributed by atoms with van der Waals surface area (Å²) in [5, 5.41) is 4.84. The van der Waals surface area contributed by atoms with E-state index in [0.717, 1.165) is 21.6 Å². The maximum Gasteiger partial charge on any atom is 0.134 e. The van der Waals surface area contributed by atoms with E-state index in [-0.39, 0.29) is 0 Å². The van der Waals surface area contributed by atoms with Crippen LogP contribution in [-0.4, -0.2) is 17.5 Å². The zero-order chi connectivity index (χ0) is 12.5. The zero-order valence-corrected chi connectivity index (χ0v) is 12.7. The lowest BCUT2D eigenvalue weighted by Crippen LogP contribution is -2.39. The summed E-state index contributed by atoms with van der Waals surface area (Å²) in [6.07, 6.45) is 1.18. The van der Waals surface area contributed by atoms with Gasteiger partial charge >= 0.3 is 0 Å². The monoisotopic (exact) mass is 325 g/mol. The molecule has 1 fully saturated rings. The van der Waals surface area contributed by atoms with Crippen molar-refractivity contribution in [3.8, 4) is 0 Å². The van der Waals surface area contributed by atoms with Crippen LogP contribution in [0.4, 0.5) is 0 Å². The molecular weight excluding hydrogens is 310 g/mol. The standard InChI is InChI=1S/C14H16BrNOS/c1-2-11-7-18-8-12(16-11)14-6-9-5-10(15)3-4-13(9)17-14/h3-6,11-12,16H,2,7-8H2,1H3. The molecule has 2 nitrogen and oxygen atoms in total. The maximum absolute atomic E-state index is 5.96. The van der Waals surface area contributed by atoms with E-state index in [0.29, 0.717) is 12.1 Å². The Balaban J connectivity index is 1.89. The molecule has 18 heavy (non-hydrogen) atoms. The van der Waals surface area contributed by atoms with E-state index in [4.69, 9.17) is 4.42 Å². The highest BCUT2D eigenvalue weighted by atomic mass is 79.9. The second-order valence-corrected chi connectivity index (χ2v) is 6.68. The minimum atomic E-state index is 0.347. The van der Waals surface area contributed by atoms with Crippen molar-refractivity contribution in [2.24, 2.45) is 0 Å². The van der Waals surface area contributed by atoms with Gasteiger partial charge in [-0.1, -0.05) is 22.9 Å². The predicted octanol–water partition coefficient (Wildman–Crippen LogP) is 4.35. The van der Waals surface area contributed by atoms with Gasteiger partial charge in [0.25, 0.3) is 0 Å². The Morgan fingerprint density at radius 1 is 1.39 bits per heavy atom. The zero-order valence-electron chi connectivity index (χ0n) is 10.3. The number of halogens is 1. The summed E-state index contributed by atoms with van der Waals surface area (Å²) in [6, 6.07) is 9.27. The van der Waals surface area contributed by atoms with Crippen molar-refractivity contribution in [3.05, 3.63) is 34.5 Å². The molecule has 2 atom stereocenters. The van der Waals surface area contributed by atoms with E-state index in [9.17, 15) is 0 Å². The molecule has 0 bridgehead atoms. The molecular formula is C14H16BrNOS. The van der Waals surface area contributed by atoms with Crippen LogP contribution in [0.25, 0.3) is 11.0 Å². The largest absolute Gasteiger partial charge is 0.459 e. The number of benzene rings is 1. The maximum atomic E-state index is 5.96. The second kappa shape index (κ2) is 5.27. The summed E-state index contributed by atoms with van der Waals surface area (Å²) >= 11 is 5.51. The van der Waals surface area contributed by atoms with Gasteiger partial charge < -0.3 is 9.73 Å². The summed E-state index contributed by atoms with van der Waals surface area (Å²) in [5.74, 6) is 3.37. The molecule has 4 heteroatoms. The number of fused-ring (bicyclic) bond motifs is 1. The van der Waals surface area contributed by atoms with Crippen molar-refractivity contribution in [1.29, 1.82) is 0 Å². The minimum Gasteiger partial charge on any atom is -0.459 e. The van der Waals surface area contributed by atoms with Crippen molar-refractivity contribution >= 4 is 38.7 Å². The van der Waals surface area contributed by atoms with E-state index in [2.05, 4.69) is 40.3 Å². The number of nitrogens with one attached hydrogen (secondary N) is 1. The van der Waals surface area contributed by atoms with Crippen LogP contribution in [-0.2, 0) is 0 Å². The Kier molecular flexibility index (Phi) is 3.68. The molecule has 2 aromatic rings. The molecule has 96 valence electrons. The Hall–Kier alpha value is -0.450. The Labute approximate surface area is 120 Å². The second-order valence-electron chi connectivity index (χ2n) is 4.69. The lowest BCUT2D eigenvalue weighted by Gasteiger charge is -2.28. The molecule has 0 radical (unpaired) electrons. The fourth-order valence-corrected chi connectivity index (χ4v) is 3.94. The smallest absolute Gasteiger partial charge is 0.134 e. The van der Waals surface area contributed by atoms with Gasteiger partial charge in [0.1, 0.15) is 11.3 Å². The van der Waals surface area contributed by atoms with Gasteiger partial charge in [-0.25, -0.2) is 0 Å². The van der Waals surface area contributed by atoms with Crippen LogP contribution in [0.3, 0.4) is 0 Å². The molecule has 1 aliphatic rings. The van der Waals surface area contributed by atoms with Crippen molar-refractivity contribution in [3.63, 3.8) is 0 Å². The number of furan rings is 1. The Morgan fingerprint density at radius 2 is 2.28 bits per heavy atom. The highest BCUT2D eigenvalue weighted by molar-refractivity contribution is 9.10. The average molecular weight is 326 g/mol. The van der Waals surface area contributed by atoms with Gasteiger partial charge in [-0.05, 0) is 30.7 Å². The molecule has 0 saturated carbocycles. The summed E-state index contributed by atoms with van der Waals surface area (Å²) in [6.45, 7) is 2.23. The van der Waals surface area contributed by atoms with Crippen LogP contribution in [0, 0.1) is 0 Å². The van der Waals surface area contributed by atoms with E-state index in [1.54, 1.807) is 0 Å². The van der Waals surface area contributed by atoms with E-state index < -0.39 is 0 Å². The summed E-state index contributed by atoms with van der Waals surface area (Å²) in [4.78, 5) is 0. The van der Waals surface area contributed by atoms with Crippen molar-refractivity contribution in [2.75, 3.05) is 11.5 Å². The molecule has 1 saturated heterocycles. The van der Waals surface area contributed by atoms with Gasteiger partial charge in [0.15, 0.2) is 0 Å². The summed E-state index contributed by atoms with van der Waals surface area (Å²) < 4.78 is 7.06.